The summed E-state index contributed by atoms with van der Waals surface area (Å²) >= 11 is 0. The summed E-state index contributed by atoms with van der Waals surface area (Å²) in [7, 11) is -2.59. The van der Waals surface area contributed by atoms with Crippen LogP contribution in [-0.2, 0) is 13.9 Å². The molecule has 15 heavy (non-hydrogen) atoms. The summed E-state index contributed by atoms with van der Waals surface area (Å²) in [5, 5.41) is 8.95. The summed E-state index contributed by atoms with van der Waals surface area (Å²) < 4.78 is 22.0. The van der Waals surface area contributed by atoms with Gasteiger partial charge in [-0.05, 0) is 24.8 Å². The lowest BCUT2D eigenvalue weighted by molar-refractivity contribution is -0.132. The zero-order valence-electron chi connectivity index (χ0n) is 9.32. The average molecular weight is 232 g/mol. The van der Waals surface area contributed by atoms with Crippen LogP contribution >= 0.6 is 7.68 Å². The fraction of sp³-hybridized carbons (Fsp3) is 0.700. The number of hydrogen-bond donors (Lipinski definition) is 1. The molecule has 0 heterocycles. The largest absolute Gasteiger partial charge is 0.478 e. The Bertz CT molecular complexity index is 320. The summed E-state index contributed by atoms with van der Waals surface area (Å²) in [4.78, 5) is 10.9. The predicted octanol–water partition coefficient (Wildman–Crippen LogP) is 3.14. The average Bonchev–Trinajstić information content (AvgIpc) is 2.16. The summed E-state index contributed by atoms with van der Waals surface area (Å²) in [5.74, 6) is -1.01. The molecule has 1 N–H and O–H groups in total. The molecule has 0 bridgehead atoms. The molecule has 0 aliphatic heterocycles. The molecule has 0 saturated carbocycles. The molecule has 0 amide bonds. The van der Waals surface area contributed by atoms with E-state index < -0.39 is 19.3 Å². The molecule has 0 aromatic heterocycles. The normalized spacial score (nSPS) is 14.3. The van der Waals surface area contributed by atoms with Crippen molar-refractivity contribution in [1.29, 1.82) is 0 Å². The van der Waals surface area contributed by atoms with Gasteiger partial charge in [-0.1, -0.05) is 20.8 Å². The molecule has 0 rings (SSSR count). The number of allylic oxidation sites excluding steroid dienone is 1. The third kappa shape index (κ3) is 3.63. The van der Waals surface area contributed by atoms with Crippen molar-refractivity contribution >= 4 is 13.6 Å². The highest BCUT2D eigenvalue weighted by molar-refractivity contribution is 7.32. The van der Waals surface area contributed by atoms with Gasteiger partial charge in [0.1, 0.15) is 0 Å². The first-order chi connectivity index (χ1) is 6.99. The molecular formula is C10H17O4P. The van der Waals surface area contributed by atoms with Crippen LogP contribution in [0.2, 0.25) is 0 Å². The number of carboxylic acid groups (broad SMARTS) is 1. The van der Waals surface area contributed by atoms with E-state index in [1.807, 2.05) is 0 Å². The molecule has 0 spiro atoms. The van der Waals surface area contributed by atoms with Crippen LogP contribution in [0.15, 0.2) is 11.1 Å². The molecule has 0 radical (unpaired) electrons. The summed E-state index contributed by atoms with van der Waals surface area (Å²) in [6.07, 6.45) is 1.26. The molecular weight excluding hydrogens is 215 g/mol. The SMILES string of the molecule is CCC(C(=O)O)=C(CC)C(CC)P(=O)=O. The van der Waals surface area contributed by atoms with Crippen LogP contribution in [-0.4, -0.2) is 16.7 Å². The van der Waals surface area contributed by atoms with Crippen molar-refractivity contribution in [3.63, 3.8) is 0 Å². The van der Waals surface area contributed by atoms with Crippen LogP contribution in [0.3, 0.4) is 0 Å². The molecule has 1 unspecified atom stereocenters. The van der Waals surface area contributed by atoms with Crippen LogP contribution in [0.25, 0.3) is 0 Å². The van der Waals surface area contributed by atoms with Crippen molar-refractivity contribution < 1.29 is 19.0 Å². The third-order valence-corrected chi connectivity index (χ3v) is 3.61. The van der Waals surface area contributed by atoms with Gasteiger partial charge in [0.05, 0.1) is 5.66 Å². The molecule has 0 saturated heterocycles. The Morgan fingerprint density at radius 1 is 1.20 bits per heavy atom. The van der Waals surface area contributed by atoms with Crippen molar-refractivity contribution in [2.24, 2.45) is 0 Å². The van der Waals surface area contributed by atoms with Crippen LogP contribution in [0, 0.1) is 0 Å². The van der Waals surface area contributed by atoms with E-state index in [4.69, 9.17) is 5.11 Å². The van der Waals surface area contributed by atoms with Gasteiger partial charge in [-0.2, -0.15) is 0 Å². The second-order valence-electron chi connectivity index (χ2n) is 3.23. The summed E-state index contributed by atoms with van der Waals surface area (Å²) in [6, 6.07) is 0. The Hall–Kier alpha value is -0.890. The minimum Gasteiger partial charge on any atom is -0.478 e. The minimum absolute atomic E-state index is 0.239. The number of rotatable bonds is 6. The fourth-order valence-electron chi connectivity index (χ4n) is 1.69. The topological polar surface area (TPSA) is 71.4 Å². The van der Waals surface area contributed by atoms with Crippen LogP contribution in [0.5, 0.6) is 0 Å². The number of hydrogen-bond acceptors (Lipinski definition) is 3. The summed E-state index contributed by atoms with van der Waals surface area (Å²) in [5.41, 5.74) is 0.156. The lowest BCUT2D eigenvalue weighted by Gasteiger charge is -2.13. The maximum Gasteiger partial charge on any atom is 0.331 e. The first-order valence-electron chi connectivity index (χ1n) is 5.08. The van der Waals surface area contributed by atoms with Crippen LogP contribution < -0.4 is 0 Å². The molecule has 0 fully saturated rings. The van der Waals surface area contributed by atoms with E-state index >= 15 is 0 Å². The molecule has 0 aromatic rings. The predicted molar refractivity (Wildman–Crippen MR) is 57.6 cm³/mol. The fourth-order valence-corrected chi connectivity index (χ4v) is 2.58. The van der Waals surface area contributed by atoms with E-state index in [1.54, 1.807) is 20.8 Å². The highest BCUT2D eigenvalue weighted by atomic mass is 31.1. The lowest BCUT2D eigenvalue weighted by atomic mass is 9.99. The van der Waals surface area contributed by atoms with E-state index in [9.17, 15) is 13.9 Å². The van der Waals surface area contributed by atoms with Crippen LogP contribution in [0.1, 0.15) is 40.0 Å². The van der Waals surface area contributed by atoms with Gasteiger partial charge in [0, 0.05) is 5.57 Å². The molecule has 5 heteroatoms. The van der Waals surface area contributed by atoms with Gasteiger partial charge in [-0.15, -0.1) is 0 Å². The zero-order chi connectivity index (χ0) is 12.0. The highest BCUT2D eigenvalue weighted by Crippen LogP contribution is 2.30. The first kappa shape index (κ1) is 14.1. The van der Waals surface area contributed by atoms with Gasteiger partial charge in [-0.3, -0.25) is 0 Å². The van der Waals surface area contributed by atoms with Crippen molar-refractivity contribution in [2.75, 3.05) is 0 Å². The van der Waals surface area contributed by atoms with Gasteiger partial charge in [-0.25, -0.2) is 13.9 Å². The molecule has 4 nitrogen and oxygen atoms in total. The van der Waals surface area contributed by atoms with E-state index in [0.717, 1.165) is 0 Å². The Balaban J connectivity index is 5.42. The van der Waals surface area contributed by atoms with Gasteiger partial charge in [0.25, 0.3) is 0 Å². The lowest BCUT2D eigenvalue weighted by Crippen LogP contribution is -2.11. The van der Waals surface area contributed by atoms with E-state index in [2.05, 4.69) is 0 Å². The number of carboxylic acids is 1. The maximum absolute atomic E-state index is 11.0. The van der Waals surface area contributed by atoms with E-state index in [-0.39, 0.29) is 5.57 Å². The van der Waals surface area contributed by atoms with Gasteiger partial charge < -0.3 is 5.11 Å². The number of carbonyl (C=O) groups is 1. The Morgan fingerprint density at radius 3 is 1.93 bits per heavy atom. The Kier molecular flexibility index (Phi) is 6.18. The molecule has 0 aromatic carbocycles. The van der Waals surface area contributed by atoms with Gasteiger partial charge in [0.15, 0.2) is 0 Å². The zero-order valence-corrected chi connectivity index (χ0v) is 10.2. The Morgan fingerprint density at radius 2 is 1.73 bits per heavy atom. The Labute approximate surface area is 90.2 Å². The van der Waals surface area contributed by atoms with Crippen LogP contribution in [0.4, 0.5) is 0 Å². The molecule has 1 atom stereocenters. The number of aliphatic carboxylic acids is 1. The minimum atomic E-state index is -2.59. The third-order valence-electron chi connectivity index (χ3n) is 2.42. The van der Waals surface area contributed by atoms with Crippen molar-refractivity contribution in [1.82, 2.24) is 0 Å². The highest BCUT2D eigenvalue weighted by Gasteiger charge is 2.22. The summed E-state index contributed by atoms with van der Waals surface area (Å²) in [6.45, 7) is 5.26. The smallest absolute Gasteiger partial charge is 0.331 e. The maximum atomic E-state index is 11.0. The van der Waals surface area contributed by atoms with Crippen molar-refractivity contribution in [2.45, 2.75) is 45.7 Å². The second-order valence-corrected chi connectivity index (χ2v) is 4.42. The van der Waals surface area contributed by atoms with Gasteiger partial charge in [0.2, 0.25) is 0 Å². The van der Waals surface area contributed by atoms with E-state index in [0.29, 0.717) is 24.8 Å². The standard InChI is InChI=1S/C10H17O4P/c1-4-7(8(5-2)10(11)12)9(6-3)15(13)14/h9H,4-6H2,1-3H3,(H,11,12). The first-order valence-corrected chi connectivity index (χ1v) is 6.32. The monoisotopic (exact) mass is 232 g/mol. The van der Waals surface area contributed by atoms with E-state index in [1.165, 1.54) is 0 Å². The molecule has 86 valence electrons. The molecule has 0 aliphatic rings. The quantitative estimate of drug-likeness (QED) is 0.564. The van der Waals surface area contributed by atoms with Crippen molar-refractivity contribution in [3.05, 3.63) is 11.1 Å². The second kappa shape index (κ2) is 6.57. The van der Waals surface area contributed by atoms with Crippen molar-refractivity contribution in [3.8, 4) is 0 Å². The molecule has 0 aliphatic carbocycles. The van der Waals surface area contributed by atoms with Gasteiger partial charge >= 0.3 is 13.6 Å².